The molecule has 1 fully saturated rings. The Labute approximate surface area is 113 Å². The van der Waals surface area contributed by atoms with E-state index >= 15 is 0 Å². The molecule has 0 aliphatic carbocycles. The van der Waals surface area contributed by atoms with E-state index in [-0.39, 0.29) is 5.91 Å². The first-order valence-corrected chi connectivity index (χ1v) is 7.59. The number of nitrogens with zero attached hydrogens (tertiary/aromatic N) is 1. The minimum absolute atomic E-state index is 0.251. The molecule has 2 heterocycles. The fourth-order valence-corrected chi connectivity index (χ4v) is 3.00. The molecule has 0 spiro atoms. The second-order valence-corrected chi connectivity index (χ2v) is 5.69. The minimum atomic E-state index is 0.251. The van der Waals surface area contributed by atoms with E-state index in [1.165, 1.54) is 4.88 Å². The predicted molar refractivity (Wildman–Crippen MR) is 73.6 cm³/mol. The van der Waals surface area contributed by atoms with E-state index in [9.17, 15) is 4.79 Å². The Bertz CT molecular complexity index is 358. The lowest BCUT2D eigenvalue weighted by Crippen LogP contribution is -2.30. The van der Waals surface area contributed by atoms with E-state index < -0.39 is 0 Å². The van der Waals surface area contributed by atoms with E-state index in [4.69, 9.17) is 4.74 Å². The Morgan fingerprint density at radius 2 is 2.50 bits per heavy atom. The van der Waals surface area contributed by atoms with Crippen molar-refractivity contribution in [2.75, 3.05) is 13.2 Å². The summed E-state index contributed by atoms with van der Waals surface area (Å²) in [5.41, 5.74) is 0. The molecule has 1 saturated heterocycles. The van der Waals surface area contributed by atoms with Gasteiger partial charge >= 0.3 is 0 Å². The zero-order valence-electron chi connectivity index (χ0n) is 10.9. The van der Waals surface area contributed by atoms with Crippen LogP contribution >= 0.6 is 11.3 Å². The lowest BCUT2D eigenvalue weighted by Gasteiger charge is -2.21. The van der Waals surface area contributed by atoms with Crippen LogP contribution < -0.4 is 0 Å². The molecule has 18 heavy (non-hydrogen) atoms. The molecule has 1 aliphatic heterocycles. The zero-order valence-corrected chi connectivity index (χ0v) is 11.7. The largest absolute Gasteiger partial charge is 0.378 e. The summed E-state index contributed by atoms with van der Waals surface area (Å²) in [5, 5.41) is 2.06. The Hall–Kier alpha value is -0.870. The highest BCUT2D eigenvalue weighted by Gasteiger charge is 2.19. The van der Waals surface area contributed by atoms with Gasteiger partial charge in [-0.15, -0.1) is 11.3 Å². The molecule has 1 aromatic rings. The van der Waals surface area contributed by atoms with Crippen LogP contribution in [0.5, 0.6) is 0 Å². The van der Waals surface area contributed by atoms with E-state index in [0.717, 1.165) is 39.0 Å². The second kappa shape index (κ2) is 6.90. The van der Waals surface area contributed by atoms with Gasteiger partial charge in [-0.2, -0.15) is 0 Å². The summed E-state index contributed by atoms with van der Waals surface area (Å²) in [7, 11) is 0. The third-order valence-electron chi connectivity index (χ3n) is 3.37. The van der Waals surface area contributed by atoms with Crippen LogP contribution in [0.2, 0.25) is 0 Å². The summed E-state index contributed by atoms with van der Waals surface area (Å²) < 4.78 is 5.55. The highest BCUT2D eigenvalue weighted by Crippen LogP contribution is 2.18. The summed E-state index contributed by atoms with van der Waals surface area (Å²) in [6.07, 6.45) is 4.06. The monoisotopic (exact) mass is 267 g/mol. The molecule has 0 bridgehead atoms. The predicted octanol–water partition coefficient (Wildman–Crippen LogP) is 3.06. The SMILES string of the molecule is CCN(Cc1cccs1)C(=O)CCC1CCCO1. The molecule has 4 heteroatoms. The second-order valence-electron chi connectivity index (χ2n) is 4.66. The van der Waals surface area contributed by atoms with Crippen molar-refractivity contribution in [3.8, 4) is 0 Å². The smallest absolute Gasteiger partial charge is 0.222 e. The number of carbonyl (C=O) groups excluding carboxylic acids is 1. The average molecular weight is 267 g/mol. The third-order valence-corrected chi connectivity index (χ3v) is 4.23. The van der Waals surface area contributed by atoms with Crippen LogP contribution in [0.1, 0.15) is 37.5 Å². The van der Waals surface area contributed by atoms with Crippen LogP contribution in [0, 0.1) is 0 Å². The molecule has 0 N–H and O–H groups in total. The van der Waals surface area contributed by atoms with Crippen molar-refractivity contribution in [3.05, 3.63) is 22.4 Å². The first-order valence-electron chi connectivity index (χ1n) is 6.71. The van der Waals surface area contributed by atoms with Crippen LogP contribution in [0.25, 0.3) is 0 Å². The van der Waals surface area contributed by atoms with Gasteiger partial charge in [-0.1, -0.05) is 6.07 Å². The molecule has 1 aromatic heterocycles. The Kier molecular flexibility index (Phi) is 5.20. The van der Waals surface area contributed by atoms with Gasteiger partial charge in [0, 0.05) is 24.4 Å². The molecule has 1 atom stereocenters. The van der Waals surface area contributed by atoms with Crippen LogP contribution in [0.4, 0.5) is 0 Å². The molecule has 100 valence electrons. The van der Waals surface area contributed by atoms with Crippen LogP contribution in [-0.4, -0.2) is 30.1 Å². The summed E-state index contributed by atoms with van der Waals surface area (Å²) in [6, 6.07) is 4.12. The van der Waals surface area contributed by atoms with Crippen molar-refractivity contribution < 1.29 is 9.53 Å². The maximum atomic E-state index is 12.1. The molecular formula is C14H21NO2S. The lowest BCUT2D eigenvalue weighted by molar-refractivity contribution is -0.132. The topological polar surface area (TPSA) is 29.5 Å². The van der Waals surface area contributed by atoms with Crippen LogP contribution in [-0.2, 0) is 16.1 Å². The Morgan fingerprint density at radius 3 is 3.11 bits per heavy atom. The number of rotatable bonds is 6. The van der Waals surface area contributed by atoms with E-state index in [1.807, 2.05) is 17.9 Å². The molecule has 3 nitrogen and oxygen atoms in total. The van der Waals surface area contributed by atoms with Gasteiger partial charge in [0.1, 0.15) is 0 Å². The van der Waals surface area contributed by atoms with Gasteiger partial charge in [-0.25, -0.2) is 0 Å². The average Bonchev–Trinajstić information content (AvgIpc) is 3.06. The number of thiophene rings is 1. The van der Waals surface area contributed by atoms with Crippen molar-refractivity contribution >= 4 is 17.2 Å². The zero-order chi connectivity index (χ0) is 12.8. The number of amides is 1. The Morgan fingerprint density at radius 1 is 1.61 bits per heavy atom. The molecule has 1 aliphatic rings. The molecule has 0 radical (unpaired) electrons. The van der Waals surface area contributed by atoms with E-state index in [2.05, 4.69) is 11.4 Å². The summed E-state index contributed by atoms with van der Waals surface area (Å²) in [5.74, 6) is 0.251. The van der Waals surface area contributed by atoms with Gasteiger partial charge < -0.3 is 9.64 Å². The van der Waals surface area contributed by atoms with Crippen molar-refractivity contribution in [1.29, 1.82) is 0 Å². The maximum absolute atomic E-state index is 12.1. The van der Waals surface area contributed by atoms with Gasteiger partial charge in [0.2, 0.25) is 5.91 Å². The first-order chi connectivity index (χ1) is 8.79. The molecular weight excluding hydrogens is 246 g/mol. The lowest BCUT2D eigenvalue weighted by atomic mass is 10.1. The maximum Gasteiger partial charge on any atom is 0.222 e. The molecule has 0 aromatic carbocycles. The molecule has 1 unspecified atom stereocenters. The van der Waals surface area contributed by atoms with E-state index in [1.54, 1.807) is 11.3 Å². The normalized spacial score (nSPS) is 19.1. The standard InChI is InChI=1S/C14H21NO2S/c1-2-15(11-13-6-4-10-18-13)14(16)8-7-12-5-3-9-17-12/h4,6,10,12H,2-3,5,7-9,11H2,1H3. The quantitative estimate of drug-likeness (QED) is 0.793. The first kappa shape index (κ1) is 13.6. The highest BCUT2D eigenvalue weighted by atomic mass is 32.1. The number of carbonyl (C=O) groups is 1. The molecule has 0 saturated carbocycles. The highest BCUT2D eigenvalue weighted by molar-refractivity contribution is 7.09. The summed E-state index contributed by atoms with van der Waals surface area (Å²) in [4.78, 5) is 15.3. The fraction of sp³-hybridized carbons (Fsp3) is 0.643. The van der Waals surface area contributed by atoms with Gasteiger partial charge in [-0.05, 0) is 37.6 Å². The van der Waals surface area contributed by atoms with Crippen LogP contribution in [0.15, 0.2) is 17.5 Å². The number of hydrogen-bond donors (Lipinski definition) is 0. The van der Waals surface area contributed by atoms with Crippen molar-refractivity contribution in [1.82, 2.24) is 4.90 Å². The molecule has 2 rings (SSSR count). The summed E-state index contributed by atoms with van der Waals surface area (Å²) in [6.45, 7) is 4.43. The van der Waals surface area contributed by atoms with E-state index in [0.29, 0.717) is 12.5 Å². The van der Waals surface area contributed by atoms with Gasteiger partial charge in [0.05, 0.1) is 12.6 Å². The summed E-state index contributed by atoms with van der Waals surface area (Å²) >= 11 is 1.71. The van der Waals surface area contributed by atoms with Gasteiger partial charge in [0.15, 0.2) is 0 Å². The van der Waals surface area contributed by atoms with Crippen molar-refractivity contribution in [2.45, 2.75) is 45.3 Å². The molecule has 1 amide bonds. The van der Waals surface area contributed by atoms with Crippen LogP contribution in [0.3, 0.4) is 0 Å². The third kappa shape index (κ3) is 3.82. The number of hydrogen-bond acceptors (Lipinski definition) is 3. The van der Waals surface area contributed by atoms with Gasteiger partial charge in [0.25, 0.3) is 0 Å². The van der Waals surface area contributed by atoms with Crippen molar-refractivity contribution in [3.63, 3.8) is 0 Å². The number of ether oxygens (including phenoxy) is 1. The fourth-order valence-electron chi connectivity index (χ4n) is 2.28. The van der Waals surface area contributed by atoms with Gasteiger partial charge in [-0.3, -0.25) is 4.79 Å². The Balaban J connectivity index is 1.77. The van der Waals surface area contributed by atoms with Crippen molar-refractivity contribution in [2.24, 2.45) is 0 Å². The minimum Gasteiger partial charge on any atom is -0.378 e.